The summed E-state index contributed by atoms with van der Waals surface area (Å²) >= 11 is 11.9. The molecule has 21 heavy (non-hydrogen) atoms. The van der Waals surface area contributed by atoms with Gasteiger partial charge >= 0.3 is 5.97 Å². The predicted molar refractivity (Wildman–Crippen MR) is 83.7 cm³/mol. The number of aryl methyl sites for hydroxylation is 1. The van der Waals surface area contributed by atoms with Gasteiger partial charge in [0.2, 0.25) is 5.91 Å². The van der Waals surface area contributed by atoms with Crippen molar-refractivity contribution in [1.82, 2.24) is 4.90 Å². The molecule has 0 radical (unpaired) electrons. The number of ether oxygens (including phenoxy) is 1. The standard InChI is InChI=1S/C15H19Cl2NO3/c1-3-18(10-15(20)21-4-2)14(19)8-6-11-5-7-12(16)9-13(11)17/h5,7,9H,3-4,6,8,10H2,1-2H3. The Labute approximate surface area is 135 Å². The molecule has 0 aliphatic rings. The summed E-state index contributed by atoms with van der Waals surface area (Å²) in [7, 11) is 0. The van der Waals surface area contributed by atoms with E-state index in [1.54, 1.807) is 25.1 Å². The summed E-state index contributed by atoms with van der Waals surface area (Å²) < 4.78 is 4.85. The molecule has 0 N–H and O–H groups in total. The van der Waals surface area contributed by atoms with Gasteiger partial charge in [0, 0.05) is 23.0 Å². The topological polar surface area (TPSA) is 46.6 Å². The summed E-state index contributed by atoms with van der Waals surface area (Å²) in [6, 6.07) is 5.20. The van der Waals surface area contributed by atoms with E-state index in [1.807, 2.05) is 6.92 Å². The lowest BCUT2D eigenvalue weighted by atomic mass is 10.1. The second kappa shape index (κ2) is 8.90. The molecule has 1 rings (SSSR count). The molecule has 1 amide bonds. The number of carbonyl (C=O) groups excluding carboxylic acids is 2. The Morgan fingerprint density at radius 2 is 1.95 bits per heavy atom. The molecule has 4 nitrogen and oxygen atoms in total. The third-order valence-corrected chi connectivity index (χ3v) is 3.57. The fourth-order valence-corrected chi connectivity index (χ4v) is 2.37. The monoisotopic (exact) mass is 331 g/mol. The quantitative estimate of drug-likeness (QED) is 0.720. The second-order valence-electron chi connectivity index (χ2n) is 4.45. The molecule has 6 heteroatoms. The normalized spacial score (nSPS) is 10.3. The highest BCUT2D eigenvalue weighted by Crippen LogP contribution is 2.22. The summed E-state index contributed by atoms with van der Waals surface area (Å²) in [5.74, 6) is -0.492. The number of halogens is 2. The van der Waals surface area contributed by atoms with Crippen molar-refractivity contribution in [3.8, 4) is 0 Å². The number of hydrogen-bond donors (Lipinski definition) is 0. The van der Waals surface area contributed by atoms with Crippen molar-refractivity contribution in [3.63, 3.8) is 0 Å². The number of carbonyl (C=O) groups is 2. The van der Waals surface area contributed by atoms with Crippen LogP contribution in [0.15, 0.2) is 18.2 Å². The minimum atomic E-state index is -0.391. The van der Waals surface area contributed by atoms with Crippen molar-refractivity contribution >= 4 is 35.1 Å². The number of likely N-dealkylation sites (N-methyl/N-ethyl adjacent to an activating group) is 1. The zero-order valence-corrected chi connectivity index (χ0v) is 13.7. The summed E-state index contributed by atoms with van der Waals surface area (Å²) in [6.07, 6.45) is 0.794. The molecule has 0 saturated heterocycles. The van der Waals surface area contributed by atoms with Crippen LogP contribution >= 0.6 is 23.2 Å². The van der Waals surface area contributed by atoms with Crippen LogP contribution in [0.4, 0.5) is 0 Å². The van der Waals surface area contributed by atoms with Crippen molar-refractivity contribution in [2.45, 2.75) is 26.7 Å². The number of nitrogens with zero attached hydrogens (tertiary/aromatic N) is 1. The van der Waals surface area contributed by atoms with Gasteiger partial charge in [-0.1, -0.05) is 29.3 Å². The first kappa shape index (κ1) is 17.8. The van der Waals surface area contributed by atoms with Crippen LogP contribution in [0.5, 0.6) is 0 Å². The molecule has 0 bridgehead atoms. The zero-order chi connectivity index (χ0) is 15.8. The van der Waals surface area contributed by atoms with Gasteiger partial charge in [-0.15, -0.1) is 0 Å². The van der Waals surface area contributed by atoms with Crippen LogP contribution in [0.2, 0.25) is 10.0 Å². The van der Waals surface area contributed by atoms with Gasteiger partial charge in [0.25, 0.3) is 0 Å². The molecule has 0 saturated carbocycles. The van der Waals surface area contributed by atoms with Crippen molar-refractivity contribution in [3.05, 3.63) is 33.8 Å². The highest BCUT2D eigenvalue weighted by atomic mass is 35.5. The molecule has 0 heterocycles. The van der Waals surface area contributed by atoms with E-state index in [0.717, 1.165) is 5.56 Å². The Hall–Kier alpha value is -1.26. The maximum absolute atomic E-state index is 12.1. The molecule has 0 aromatic heterocycles. The summed E-state index contributed by atoms with van der Waals surface area (Å²) in [5.41, 5.74) is 0.863. The van der Waals surface area contributed by atoms with Crippen LogP contribution in [0.1, 0.15) is 25.8 Å². The van der Waals surface area contributed by atoms with Gasteiger partial charge in [0.1, 0.15) is 6.54 Å². The summed E-state index contributed by atoms with van der Waals surface area (Å²) in [5, 5.41) is 1.11. The highest BCUT2D eigenvalue weighted by molar-refractivity contribution is 6.35. The van der Waals surface area contributed by atoms with E-state index in [9.17, 15) is 9.59 Å². The van der Waals surface area contributed by atoms with Crippen LogP contribution in [0, 0.1) is 0 Å². The molecular weight excluding hydrogens is 313 g/mol. The van der Waals surface area contributed by atoms with Crippen molar-refractivity contribution < 1.29 is 14.3 Å². The zero-order valence-electron chi connectivity index (χ0n) is 12.2. The van der Waals surface area contributed by atoms with Gasteiger partial charge in [-0.05, 0) is 38.0 Å². The Morgan fingerprint density at radius 1 is 1.24 bits per heavy atom. The molecule has 1 aromatic rings. The van der Waals surface area contributed by atoms with Gasteiger partial charge in [-0.2, -0.15) is 0 Å². The molecular formula is C15H19Cl2NO3. The van der Waals surface area contributed by atoms with E-state index in [-0.39, 0.29) is 18.9 Å². The first-order valence-electron chi connectivity index (χ1n) is 6.85. The third-order valence-electron chi connectivity index (χ3n) is 2.98. The fraction of sp³-hybridized carbons (Fsp3) is 0.467. The van der Waals surface area contributed by atoms with Gasteiger partial charge in [-0.25, -0.2) is 0 Å². The van der Waals surface area contributed by atoms with E-state index in [0.29, 0.717) is 29.6 Å². The third kappa shape index (κ3) is 5.94. The van der Waals surface area contributed by atoms with Gasteiger partial charge < -0.3 is 9.64 Å². The van der Waals surface area contributed by atoms with Gasteiger partial charge in [0.15, 0.2) is 0 Å². The number of benzene rings is 1. The number of esters is 1. The fourth-order valence-electron chi connectivity index (χ4n) is 1.86. The minimum absolute atomic E-state index is 0.0163. The van der Waals surface area contributed by atoms with E-state index in [2.05, 4.69) is 0 Å². The summed E-state index contributed by atoms with van der Waals surface area (Å²) in [6.45, 7) is 4.32. The lowest BCUT2D eigenvalue weighted by molar-refractivity contribution is -0.148. The lowest BCUT2D eigenvalue weighted by Gasteiger charge is -2.19. The van der Waals surface area contributed by atoms with Crippen LogP contribution in [0.25, 0.3) is 0 Å². The smallest absolute Gasteiger partial charge is 0.325 e. The molecule has 0 fully saturated rings. The van der Waals surface area contributed by atoms with E-state index < -0.39 is 5.97 Å². The SMILES string of the molecule is CCOC(=O)CN(CC)C(=O)CCc1ccc(Cl)cc1Cl. The molecule has 0 unspecified atom stereocenters. The maximum atomic E-state index is 12.1. The molecule has 1 aromatic carbocycles. The number of hydrogen-bond acceptors (Lipinski definition) is 3. The molecule has 116 valence electrons. The molecule has 0 aliphatic heterocycles. The van der Waals surface area contributed by atoms with Gasteiger partial charge in [0.05, 0.1) is 6.61 Å². The molecule has 0 atom stereocenters. The van der Waals surface area contributed by atoms with Crippen LogP contribution < -0.4 is 0 Å². The van der Waals surface area contributed by atoms with Crippen molar-refractivity contribution in [2.24, 2.45) is 0 Å². The molecule has 0 aliphatic carbocycles. The maximum Gasteiger partial charge on any atom is 0.325 e. The summed E-state index contributed by atoms with van der Waals surface area (Å²) in [4.78, 5) is 25.0. The van der Waals surface area contributed by atoms with E-state index >= 15 is 0 Å². The second-order valence-corrected chi connectivity index (χ2v) is 5.29. The Balaban J connectivity index is 2.56. The minimum Gasteiger partial charge on any atom is -0.465 e. The van der Waals surface area contributed by atoms with Gasteiger partial charge in [-0.3, -0.25) is 9.59 Å². The van der Waals surface area contributed by atoms with Crippen LogP contribution in [0.3, 0.4) is 0 Å². The lowest BCUT2D eigenvalue weighted by Crippen LogP contribution is -2.36. The average Bonchev–Trinajstić information content (AvgIpc) is 2.43. The highest BCUT2D eigenvalue weighted by Gasteiger charge is 2.16. The number of rotatable bonds is 7. The number of amides is 1. The van der Waals surface area contributed by atoms with E-state index in [4.69, 9.17) is 27.9 Å². The Morgan fingerprint density at radius 3 is 2.52 bits per heavy atom. The first-order valence-corrected chi connectivity index (χ1v) is 7.60. The Bertz CT molecular complexity index is 506. The first-order chi connectivity index (χ1) is 9.97. The predicted octanol–water partition coefficient (Wildman–Crippen LogP) is 3.34. The Kier molecular flexibility index (Phi) is 7.54. The van der Waals surface area contributed by atoms with E-state index in [1.165, 1.54) is 4.90 Å². The average molecular weight is 332 g/mol. The molecule has 0 spiro atoms. The largest absolute Gasteiger partial charge is 0.465 e. The van der Waals surface area contributed by atoms with Crippen LogP contribution in [-0.2, 0) is 20.7 Å². The van der Waals surface area contributed by atoms with Crippen LogP contribution in [-0.4, -0.2) is 36.5 Å². The van der Waals surface area contributed by atoms with Crippen molar-refractivity contribution in [1.29, 1.82) is 0 Å². The van der Waals surface area contributed by atoms with Crippen molar-refractivity contribution in [2.75, 3.05) is 19.7 Å².